The van der Waals surface area contributed by atoms with E-state index in [1.165, 1.54) is 19.7 Å². The molecule has 0 saturated heterocycles. The van der Waals surface area contributed by atoms with Gasteiger partial charge in [-0.3, -0.25) is 5.10 Å². The van der Waals surface area contributed by atoms with Gasteiger partial charge in [-0.2, -0.15) is 5.10 Å². The number of benzene rings is 1. The minimum absolute atomic E-state index is 0.317. The number of oxime groups is 1. The zero-order valence-corrected chi connectivity index (χ0v) is 11.2. The fourth-order valence-electron chi connectivity index (χ4n) is 1.90. The monoisotopic (exact) mass is 283 g/mol. The fraction of sp³-hybridized carbons (Fsp3) is 0.0769. The maximum Gasteiger partial charge on any atom is 0.144 e. The fourth-order valence-corrected chi connectivity index (χ4v) is 1.90. The Morgan fingerprint density at radius 2 is 2.29 bits per heavy atom. The number of nitrogens with zero attached hydrogens (tertiary/aromatic N) is 4. The van der Waals surface area contributed by atoms with Crippen molar-refractivity contribution in [2.45, 2.75) is 0 Å². The van der Waals surface area contributed by atoms with E-state index in [4.69, 9.17) is 5.73 Å². The summed E-state index contributed by atoms with van der Waals surface area (Å²) in [5.74, 6) is 0.865. The highest BCUT2D eigenvalue weighted by atomic mass is 16.6. The SMILES string of the molecule is CON=Cc1c(N)ncnc1Nc1ccc2[nH]ncc2c1. The first-order chi connectivity index (χ1) is 10.3. The first-order valence-corrected chi connectivity index (χ1v) is 6.15. The van der Waals surface area contributed by atoms with E-state index in [0.717, 1.165) is 16.6 Å². The molecule has 21 heavy (non-hydrogen) atoms. The van der Waals surface area contributed by atoms with E-state index < -0.39 is 0 Å². The van der Waals surface area contributed by atoms with Crippen molar-refractivity contribution in [3.8, 4) is 0 Å². The maximum absolute atomic E-state index is 5.84. The highest BCUT2D eigenvalue weighted by molar-refractivity contribution is 5.93. The van der Waals surface area contributed by atoms with E-state index in [1.807, 2.05) is 18.2 Å². The number of hydrogen-bond acceptors (Lipinski definition) is 7. The zero-order chi connectivity index (χ0) is 14.7. The molecule has 2 heterocycles. The summed E-state index contributed by atoms with van der Waals surface area (Å²) in [5, 5.41) is 14.8. The second-order valence-corrected chi connectivity index (χ2v) is 4.24. The van der Waals surface area contributed by atoms with Crippen LogP contribution in [0.25, 0.3) is 10.9 Å². The lowest BCUT2D eigenvalue weighted by Crippen LogP contribution is -2.04. The Balaban J connectivity index is 1.96. The average molecular weight is 283 g/mol. The van der Waals surface area contributed by atoms with Crippen LogP contribution in [-0.4, -0.2) is 33.5 Å². The summed E-state index contributed by atoms with van der Waals surface area (Å²) >= 11 is 0. The van der Waals surface area contributed by atoms with Crippen LogP contribution in [0.2, 0.25) is 0 Å². The van der Waals surface area contributed by atoms with Crippen molar-refractivity contribution in [1.82, 2.24) is 20.2 Å². The molecule has 8 nitrogen and oxygen atoms in total. The molecule has 8 heteroatoms. The molecule has 4 N–H and O–H groups in total. The summed E-state index contributed by atoms with van der Waals surface area (Å²) < 4.78 is 0. The minimum Gasteiger partial charge on any atom is -0.399 e. The van der Waals surface area contributed by atoms with E-state index in [-0.39, 0.29) is 0 Å². The molecular formula is C13H13N7O. The third-order valence-electron chi connectivity index (χ3n) is 2.90. The lowest BCUT2D eigenvalue weighted by atomic mass is 10.2. The summed E-state index contributed by atoms with van der Waals surface area (Å²) in [6.07, 6.45) is 4.61. The van der Waals surface area contributed by atoms with Gasteiger partial charge in [0.15, 0.2) is 0 Å². The van der Waals surface area contributed by atoms with Gasteiger partial charge in [-0.1, -0.05) is 5.16 Å². The van der Waals surface area contributed by atoms with Gasteiger partial charge in [0.2, 0.25) is 0 Å². The Morgan fingerprint density at radius 3 is 3.14 bits per heavy atom. The van der Waals surface area contributed by atoms with Crippen molar-refractivity contribution in [2.24, 2.45) is 5.16 Å². The molecule has 106 valence electrons. The second kappa shape index (κ2) is 5.45. The Kier molecular flexibility index (Phi) is 3.34. The third kappa shape index (κ3) is 2.59. The molecular weight excluding hydrogens is 270 g/mol. The molecule has 0 aliphatic carbocycles. The van der Waals surface area contributed by atoms with Crippen molar-refractivity contribution in [3.05, 3.63) is 36.3 Å². The Bertz CT molecular complexity index is 796. The Labute approximate surface area is 120 Å². The molecule has 0 saturated carbocycles. The van der Waals surface area contributed by atoms with Crippen molar-refractivity contribution in [1.29, 1.82) is 0 Å². The van der Waals surface area contributed by atoms with Gasteiger partial charge in [-0.05, 0) is 18.2 Å². The number of fused-ring (bicyclic) bond motifs is 1. The number of aromatic amines is 1. The number of H-pyrrole nitrogens is 1. The number of nitrogen functional groups attached to an aromatic ring is 1. The number of aromatic nitrogens is 4. The minimum atomic E-state index is 0.317. The van der Waals surface area contributed by atoms with Gasteiger partial charge >= 0.3 is 0 Å². The summed E-state index contributed by atoms with van der Waals surface area (Å²) in [6.45, 7) is 0. The number of nitrogens with one attached hydrogen (secondary N) is 2. The normalized spacial score (nSPS) is 11.1. The zero-order valence-electron chi connectivity index (χ0n) is 11.2. The molecule has 0 aliphatic rings. The summed E-state index contributed by atoms with van der Waals surface area (Å²) in [6, 6.07) is 5.79. The van der Waals surface area contributed by atoms with Gasteiger partial charge < -0.3 is 15.9 Å². The van der Waals surface area contributed by atoms with Gasteiger partial charge in [0.05, 0.1) is 23.5 Å². The largest absolute Gasteiger partial charge is 0.399 e. The Morgan fingerprint density at radius 1 is 1.38 bits per heavy atom. The van der Waals surface area contributed by atoms with Crippen LogP contribution in [-0.2, 0) is 4.84 Å². The van der Waals surface area contributed by atoms with Gasteiger partial charge in [-0.15, -0.1) is 0 Å². The first-order valence-electron chi connectivity index (χ1n) is 6.15. The van der Waals surface area contributed by atoms with Gasteiger partial charge in [0, 0.05) is 11.1 Å². The van der Waals surface area contributed by atoms with E-state index in [1.54, 1.807) is 6.20 Å². The van der Waals surface area contributed by atoms with Crippen molar-refractivity contribution in [3.63, 3.8) is 0 Å². The molecule has 0 bridgehead atoms. The highest BCUT2D eigenvalue weighted by Gasteiger charge is 2.08. The summed E-state index contributed by atoms with van der Waals surface area (Å²) in [4.78, 5) is 12.8. The molecule has 1 aromatic carbocycles. The smallest absolute Gasteiger partial charge is 0.144 e. The van der Waals surface area contributed by atoms with Crippen LogP contribution in [0.15, 0.2) is 35.9 Å². The number of anilines is 3. The first kappa shape index (κ1) is 12.9. The molecule has 0 radical (unpaired) electrons. The van der Waals surface area contributed by atoms with E-state index in [0.29, 0.717) is 17.2 Å². The second-order valence-electron chi connectivity index (χ2n) is 4.24. The predicted octanol–water partition coefficient (Wildman–Crippen LogP) is 1.66. The number of rotatable bonds is 4. The van der Waals surface area contributed by atoms with E-state index in [9.17, 15) is 0 Å². The third-order valence-corrected chi connectivity index (χ3v) is 2.90. The summed E-state index contributed by atoms with van der Waals surface area (Å²) in [7, 11) is 1.45. The lowest BCUT2D eigenvalue weighted by molar-refractivity contribution is 0.215. The van der Waals surface area contributed by atoms with E-state index in [2.05, 4.69) is 35.5 Å². The van der Waals surface area contributed by atoms with Crippen molar-refractivity contribution < 1.29 is 4.84 Å². The summed E-state index contributed by atoms with van der Waals surface area (Å²) in [5.41, 5.74) is 8.22. The quantitative estimate of drug-likeness (QED) is 0.495. The van der Waals surface area contributed by atoms with Gasteiger partial charge in [-0.25, -0.2) is 9.97 Å². The topological polar surface area (TPSA) is 114 Å². The van der Waals surface area contributed by atoms with Crippen LogP contribution >= 0.6 is 0 Å². The number of hydrogen-bond donors (Lipinski definition) is 3. The predicted molar refractivity (Wildman–Crippen MR) is 80.4 cm³/mol. The standard InChI is InChI=1S/C13H13N7O/c1-21-18-6-10-12(14)15-7-16-13(10)19-9-2-3-11-8(4-9)5-17-20-11/h2-7H,1H3,(H,17,20)(H3,14,15,16,19). The van der Waals surface area contributed by atoms with Gasteiger partial charge in [0.1, 0.15) is 25.1 Å². The molecule has 0 spiro atoms. The lowest BCUT2D eigenvalue weighted by Gasteiger charge is -2.09. The molecule has 0 unspecified atom stereocenters. The van der Waals surface area contributed by atoms with Crippen molar-refractivity contribution in [2.75, 3.05) is 18.2 Å². The maximum atomic E-state index is 5.84. The average Bonchev–Trinajstić information content (AvgIpc) is 2.94. The van der Waals surface area contributed by atoms with Crippen LogP contribution in [0.5, 0.6) is 0 Å². The van der Waals surface area contributed by atoms with Gasteiger partial charge in [0.25, 0.3) is 0 Å². The molecule has 2 aromatic heterocycles. The van der Waals surface area contributed by atoms with Crippen LogP contribution in [0.3, 0.4) is 0 Å². The molecule has 0 atom stereocenters. The van der Waals surface area contributed by atoms with Crippen molar-refractivity contribution >= 4 is 34.4 Å². The highest BCUT2D eigenvalue weighted by Crippen LogP contribution is 2.23. The Hall–Kier alpha value is -3.16. The molecule has 0 amide bonds. The molecule has 3 rings (SSSR count). The van der Waals surface area contributed by atoms with E-state index >= 15 is 0 Å². The van der Waals surface area contributed by atoms with Crippen LogP contribution in [0, 0.1) is 0 Å². The molecule has 0 fully saturated rings. The molecule has 3 aromatic rings. The number of nitrogens with two attached hydrogens (primary N) is 1. The van der Waals surface area contributed by atoms with Crippen LogP contribution < -0.4 is 11.1 Å². The van der Waals surface area contributed by atoms with Crippen LogP contribution in [0.4, 0.5) is 17.3 Å². The molecule has 0 aliphatic heterocycles. The van der Waals surface area contributed by atoms with Crippen LogP contribution in [0.1, 0.15) is 5.56 Å².